The summed E-state index contributed by atoms with van der Waals surface area (Å²) in [5.74, 6) is -1.45. The molecule has 3 aromatic carbocycles. The number of ether oxygens (including phenoxy) is 1. The van der Waals surface area contributed by atoms with Crippen molar-refractivity contribution in [1.82, 2.24) is 5.32 Å². The Kier molecular flexibility index (Phi) is 11.7. The molecule has 4 aromatic rings. The lowest BCUT2D eigenvalue weighted by Gasteiger charge is -2.14. The lowest BCUT2D eigenvalue weighted by atomic mass is 9.95. The largest absolute Gasteiger partial charge is 0.462 e. The Morgan fingerprint density at radius 3 is 2.40 bits per heavy atom. The number of rotatable bonds is 12. The number of thiophene rings is 1. The molecular formula is C37H38N4O5S2. The summed E-state index contributed by atoms with van der Waals surface area (Å²) in [6.07, 6.45) is 5.40. The molecule has 1 aromatic heterocycles. The van der Waals surface area contributed by atoms with Crippen molar-refractivity contribution in [2.75, 3.05) is 42.0 Å². The third kappa shape index (κ3) is 8.93. The van der Waals surface area contributed by atoms with Crippen molar-refractivity contribution in [1.29, 1.82) is 0 Å². The Bertz CT molecular complexity index is 1820. The molecule has 5 rings (SSSR count). The first-order valence-corrected chi connectivity index (χ1v) is 17.5. The highest BCUT2D eigenvalue weighted by atomic mass is 32.2. The smallest absolute Gasteiger partial charge is 0.341 e. The molecule has 9 nitrogen and oxygen atoms in total. The summed E-state index contributed by atoms with van der Waals surface area (Å²) in [5, 5.41) is 9.13. The molecular weight excluding hydrogens is 645 g/mol. The lowest BCUT2D eigenvalue weighted by molar-refractivity contribution is -0.114. The van der Waals surface area contributed by atoms with Gasteiger partial charge in [0, 0.05) is 40.8 Å². The van der Waals surface area contributed by atoms with Gasteiger partial charge in [0.15, 0.2) is 0 Å². The van der Waals surface area contributed by atoms with Gasteiger partial charge in [0.05, 0.1) is 17.9 Å². The van der Waals surface area contributed by atoms with Gasteiger partial charge in [0.25, 0.3) is 11.8 Å². The number of thioether (sulfide) groups is 1. The average molecular weight is 683 g/mol. The second kappa shape index (κ2) is 16.3. The number of hydrogen-bond acceptors (Lipinski definition) is 8. The third-order valence-corrected chi connectivity index (χ3v) is 9.82. The van der Waals surface area contributed by atoms with Crippen LogP contribution < -0.4 is 20.9 Å². The standard InChI is InChI=1S/C37H38N4O5S2/c1-4-46-37(45)33-29-15-8-9-16-31(29)48-36(33)40-32(42)23-47-28-14-10-13-26(22-28)38-35(44)30(39-34(43)25-11-6-5-7-12-25)21-24-17-19-27(20-18-24)41(2)3/h5-7,10-14,17-22H,4,8-9,15-16,23H2,1-3H3,(H,38,44)(H,39,43)(H,40,42)/b30-21+. The van der Waals surface area contributed by atoms with Gasteiger partial charge in [-0.2, -0.15) is 0 Å². The molecule has 0 fully saturated rings. The van der Waals surface area contributed by atoms with Crippen molar-refractivity contribution < 1.29 is 23.9 Å². The molecule has 0 saturated carbocycles. The van der Waals surface area contributed by atoms with Crippen LogP contribution in [0.15, 0.2) is 89.5 Å². The number of anilines is 3. The van der Waals surface area contributed by atoms with Crippen LogP contribution in [0, 0.1) is 0 Å². The van der Waals surface area contributed by atoms with Crippen LogP contribution in [0.1, 0.15) is 56.5 Å². The van der Waals surface area contributed by atoms with E-state index in [9.17, 15) is 19.2 Å². The molecule has 0 saturated heterocycles. The number of nitrogens with one attached hydrogen (secondary N) is 3. The van der Waals surface area contributed by atoms with Gasteiger partial charge in [-0.3, -0.25) is 14.4 Å². The molecule has 11 heteroatoms. The van der Waals surface area contributed by atoms with Gasteiger partial charge >= 0.3 is 5.97 Å². The first kappa shape index (κ1) is 34.5. The number of fused-ring (bicyclic) bond motifs is 1. The van der Waals surface area contributed by atoms with E-state index in [4.69, 9.17) is 4.74 Å². The Morgan fingerprint density at radius 2 is 1.67 bits per heavy atom. The van der Waals surface area contributed by atoms with Gasteiger partial charge in [0.1, 0.15) is 10.7 Å². The van der Waals surface area contributed by atoms with Gasteiger partial charge in [-0.15, -0.1) is 23.1 Å². The monoisotopic (exact) mass is 682 g/mol. The van der Waals surface area contributed by atoms with E-state index in [1.807, 2.05) is 55.4 Å². The first-order chi connectivity index (χ1) is 23.2. The normalized spacial score (nSPS) is 12.4. The van der Waals surface area contributed by atoms with Crippen molar-refractivity contribution in [3.63, 3.8) is 0 Å². The Balaban J connectivity index is 1.27. The zero-order valence-electron chi connectivity index (χ0n) is 27.1. The van der Waals surface area contributed by atoms with Crippen molar-refractivity contribution in [3.05, 3.63) is 112 Å². The fourth-order valence-electron chi connectivity index (χ4n) is 5.22. The van der Waals surface area contributed by atoms with E-state index in [2.05, 4.69) is 16.0 Å². The molecule has 0 atom stereocenters. The number of nitrogens with zero attached hydrogens (tertiary/aromatic N) is 1. The molecule has 0 bridgehead atoms. The summed E-state index contributed by atoms with van der Waals surface area (Å²) < 4.78 is 5.30. The predicted octanol–water partition coefficient (Wildman–Crippen LogP) is 7.01. The highest BCUT2D eigenvalue weighted by Gasteiger charge is 2.27. The number of amides is 3. The molecule has 1 aliphatic rings. The minimum Gasteiger partial charge on any atom is -0.462 e. The summed E-state index contributed by atoms with van der Waals surface area (Å²) in [5.41, 5.74) is 4.23. The third-order valence-electron chi connectivity index (χ3n) is 7.61. The van der Waals surface area contributed by atoms with Crippen molar-refractivity contribution in [2.24, 2.45) is 0 Å². The van der Waals surface area contributed by atoms with E-state index >= 15 is 0 Å². The topological polar surface area (TPSA) is 117 Å². The van der Waals surface area contributed by atoms with E-state index < -0.39 is 17.8 Å². The maximum Gasteiger partial charge on any atom is 0.341 e. The molecule has 0 spiro atoms. The Hall–Kier alpha value is -4.87. The summed E-state index contributed by atoms with van der Waals surface area (Å²) >= 11 is 2.76. The van der Waals surface area contributed by atoms with E-state index in [0.29, 0.717) is 21.8 Å². The number of aryl methyl sites for hydroxylation is 1. The molecule has 0 unspecified atom stereocenters. The van der Waals surface area contributed by atoms with E-state index in [1.165, 1.54) is 23.1 Å². The van der Waals surface area contributed by atoms with E-state index in [1.54, 1.807) is 55.5 Å². The van der Waals surface area contributed by atoms with E-state index in [-0.39, 0.29) is 24.0 Å². The second-order valence-corrected chi connectivity index (χ2v) is 13.5. The fourth-order valence-corrected chi connectivity index (χ4v) is 7.27. The maximum atomic E-state index is 13.5. The SMILES string of the molecule is CCOC(=O)c1c(NC(=O)CSc2cccc(NC(=O)/C(=C\c3ccc(N(C)C)cc3)NC(=O)c3ccccc3)c2)sc2c1CCCC2. The Labute approximate surface area is 288 Å². The summed E-state index contributed by atoms with van der Waals surface area (Å²) in [7, 11) is 3.89. The van der Waals surface area contributed by atoms with Gasteiger partial charge in [-0.05, 0) is 92.3 Å². The van der Waals surface area contributed by atoms with Crippen LogP contribution in [0.4, 0.5) is 16.4 Å². The van der Waals surface area contributed by atoms with Crippen molar-refractivity contribution in [2.45, 2.75) is 37.5 Å². The first-order valence-electron chi connectivity index (χ1n) is 15.7. The molecule has 3 N–H and O–H groups in total. The fraction of sp³-hybridized carbons (Fsp3) is 0.243. The summed E-state index contributed by atoms with van der Waals surface area (Å²) in [6, 6.07) is 23.5. The van der Waals surface area contributed by atoms with Gasteiger partial charge in [-0.25, -0.2) is 4.79 Å². The molecule has 1 heterocycles. The molecule has 248 valence electrons. The highest BCUT2D eigenvalue weighted by molar-refractivity contribution is 8.00. The van der Waals surface area contributed by atoms with Crippen LogP contribution in [0.25, 0.3) is 6.08 Å². The number of carbonyl (C=O) groups is 4. The van der Waals surface area contributed by atoms with Crippen LogP contribution in [-0.2, 0) is 27.2 Å². The average Bonchev–Trinajstić information content (AvgIpc) is 3.45. The predicted molar refractivity (Wildman–Crippen MR) is 194 cm³/mol. The maximum absolute atomic E-state index is 13.5. The van der Waals surface area contributed by atoms with Crippen molar-refractivity contribution in [3.8, 4) is 0 Å². The second-order valence-electron chi connectivity index (χ2n) is 11.3. The Morgan fingerprint density at radius 1 is 0.917 bits per heavy atom. The quantitative estimate of drug-likeness (QED) is 0.0837. The zero-order chi connectivity index (χ0) is 34.0. The van der Waals surface area contributed by atoms with Crippen LogP contribution in [-0.4, -0.2) is 50.1 Å². The van der Waals surface area contributed by atoms with Crippen LogP contribution >= 0.6 is 23.1 Å². The van der Waals surface area contributed by atoms with Crippen LogP contribution in [0.5, 0.6) is 0 Å². The zero-order valence-corrected chi connectivity index (χ0v) is 28.8. The van der Waals surface area contributed by atoms with Gasteiger partial charge < -0.3 is 25.6 Å². The molecule has 3 amide bonds. The van der Waals surface area contributed by atoms with E-state index in [0.717, 1.165) is 52.3 Å². The number of benzene rings is 3. The molecule has 0 aliphatic heterocycles. The van der Waals surface area contributed by atoms with Crippen molar-refractivity contribution >= 4 is 69.2 Å². The lowest BCUT2D eigenvalue weighted by Crippen LogP contribution is -2.30. The minimum absolute atomic E-state index is 0.0786. The highest BCUT2D eigenvalue weighted by Crippen LogP contribution is 2.39. The number of esters is 1. The van der Waals surface area contributed by atoms with Crippen LogP contribution in [0.3, 0.4) is 0 Å². The van der Waals surface area contributed by atoms with Gasteiger partial charge in [0.2, 0.25) is 5.91 Å². The summed E-state index contributed by atoms with van der Waals surface area (Å²) in [6.45, 7) is 2.03. The molecule has 1 aliphatic carbocycles. The van der Waals surface area contributed by atoms with Gasteiger partial charge in [-0.1, -0.05) is 36.4 Å². The molecule has 0 radical (unpaired) electrons. The van der Waals surface area contributed by atoms with Crippen LogP contribution in [0.2, 0.25) is 0 Å². The molecule has 48 heavy (non-hydrogen) atoms. The summed E-state index contributed by atoms with van der Waals surface area (Å²) in [4.78, 5) is 56.2. The number of carbonyl (C=O) groups excluding carboxylic acids is 4. The number of hydrogen-bond donors (Lipinski definition) is 3. The minimum atomic E-state index is -0.496.